The summed E-state index contributed by atoms with van der Waals surface area (Å²) in [7, 11) is 0. The Morgan fingerprint density at radius 3 is 2.69 bits per heavy atom. The van der Waals surface area contributed by atoms with E-state index < -0.39 is 23.4 Å². The number of benzene rings is 1. The maximum Gasteiger partial charge on any atom is 0.329 e. The predicted octanol–water partition coefficient (Wildman–Crippen LogP) is 3.43. The van der Waals surface area contributed by atoms with E-state index in [1.165, 1.54) is 29.4 Å². The summed E-state index contributed by atoms with van der Waals surface area (Å²) in [4.78, 5) is 34.4. The standard InChI is InChI=1S/C20H15ClFN5O2/c21-14-4-2-1-3-13(14)12-9-20(10-12)18(28)27(19(29)25-20)16-15(5-6-24-17(16)22)26-8-7-23-11-26/h1-8,11-12H,9-10H2,(H,25,29). The Balaban J connectivity index is 1.49. The van der Waals surface area contributed by atoms with Gasteiger partial charge >= 0.3 is 6.03 Å². The molecule has 7 nitrogen and oxygen atoms in total. The zero-order valence-electron chi connectivity index (χ0n) is 15.0. The van der Waals surface area contributed by atoms with Crippen molar-refractivity contribution in [2.75, 3.05) is 4.90 Å². The number of nitrogens with one attached hydrogen (secondary N) is 1. The van der Waals surface area contributed by atoms with Gasteiger partial charge in [0.1, 0.15) is 11.2 Å². The van der Waals surface area contributed by atoms with Gasteiger partial charge in [0.15, 0.2) is 0 Å². The highest BCUT2D eigenvalue weighted by molar-refractivity contribution is 6.31. The monoisotopic (exact) mass is 411 g/mol. The molecule has 0 atom stereocenters. The molecule has 1 aromatic carbocycles. The van der Waals surface area contributed by atoms with Crippen molar-refractivity contribution in [2.45, 2.75) is 24.3 Å². The highest BCUT2D eigenvalue weighted by Crippen LogP contribution is 2.50. The Morgan fingerprint density at radius 1 is 1.17 bits per heavy atom. The topological polar surface area (TPSA) is 80.1 Å². The van der Waals surface area contributed by atoms with Crippen LogP contribution in [0.5, 0.6) is 0 Å². The first-order valence-corrected chi connectivity index (χ1v) is 9.42. The second-order valence-electron chi connectivity index (χ2n) is 7.22. The molecule has 3 amide bonds. The van der Waals surface area contributed by atoms with E-state index in [9.17, 15) is 14.0 Å². The van der Waals surface area contributed by atoms with Crippen LogP contribution in [0.2, 0.25) is 5.02 Å². The molecule has 5 rings (SSSR count). The maximum absolute atomic E-state index is 14.7. The summed E-state index contributed by atoms with van der Waals surface area (Å²) in [5.74, 6) is -1.35. The third kappa shape index (κ3) is 2.63. The van der Waals surface area contributed by atoms with E-state index in [0.29, 0.717) is 23.6 Å². The molecule has 1 aliphatic carbocycles. The number of hydrogen-bond acceptors (Lipinski definition) is 4. The van der Waals surface area contributed by atoms with Crippen LogP contribution in [0.1, 0.15) is 24.3 Å². The number of halogens is 2. The van der Waals surface area contributed by atoms with Crippen LogP contribution in [0.4, 0.5) is 14.9 Å². The summed E-state index contributed by atoms with van der Waals surface area (Å²) in [6.45, 7) is 0. The van der Waals surface area contributed by atoms with E-state index in [1.54, 1.807) is 12.3 Å². The Hall–Kier alpha value is -3.26. The zero-order valence-corrected chi connectivity index (χ0v) is 15.8. The van der Waals surface area contributed by atoms with Crippen LogP contribution in [0.3, 0.4) is 0 Å². The van der Waals surface area contributed by atoms with Crippen LogP contribution in [0.15, 0.2) is 55.2 Å². The van der Waals surface area contributed by atoms with Gasteiger partial charge in [-0.15, -0.1) is 0 Å². The number of anilines is 1. The Kier molecular flexibility index (Phi) is 3.92. The molecule has 3 aromatic rings. The molecule has 3 heterocycles. The fourth-order valence-corrected chi connectivity index (χ4v) is 4.43. The molecule has 1 aliphatic heterocycles. The number of aromatic nitrogens is 3. The summed E-state index contributed by atoms with van der Waals surface area (Å²) in [6.07, 6.45) is 6.67. The van der Waals surface area contributed by atoms with Gasteiger partial charge in [0, 0.05) is 23.6 Å². The van der Waals surface area contributed by atoms with Crippen molar-refractivity contribution >= 4 is 29.2 Å². The lowest BCUT2D eigenvalue weighted by molar-refractivity contribution is -0.125. The summed E-state index contributed by atoms with van der Waals surface area (Å²) >= 11 is 6.27. The molecule has 0 unspecified atom stereocenters. The van der Waals surface area contributed by atoms with E-state index in [-0.39, 0.29) is 11.6 Å². The summed E-state index contributed by atoms with van der Waals surface area (Å²) in [5, 5.41) is 3.39. The second-order valence-corrected chi connectivity index (χ2v) is 7.63. The van der Waals surface area contributed by atoms with Crippen LogP contribution in [-0.2, 0) is 4.79 Å². The van der Waals surface area contributed by atoms with Crippen molar-refractivity contribution in [2.24, 2.45) is 0 Å². The molecule has 2 aliphatic rings. The number of carbonyl (C=O) groups is 2. The number of amides is 3. The molecule has 0 radical (unpaired) electrons. The van der Waals surface area contributed by atoms with Gasteiger partial charge in [-0.3, -0.25) is 4.79 Å². The van der Waals surface area contributed by atoms with E-state index in [4.69, 9.17) is 11.6 Å². The van der Waals surface area contributed by atoms with Gasteiger partial charge in [-0.1, -0.05) is 29.8 Å². The highest BCUT2D eigenvalue weighted by Gasteiger charge is 2.60. The number of imidazole rings is 1. The average Bonchev–Trinajstić information content (AvgIpc) is 3.28. The molecule has 1 spiro atoms. The van der Waals surface area contributed by atoms with E-state index in [2.05, 4.69) is 15.3 Å². The van der Waals surface area contributed by atoms with Crippen molar-refractivity contribution in [3.8, 4) is 5.69 Å². The molecule has 9 heteroatoms. The number of carbonyl (C=O) groups excluding carboxylic acids is 2. The first-order chi connectivity index (χ1) is 14.0. The van der Waals surface area contributed by atoms with Crippen molar-refractivity contribution in [3.05, 3.63) is 71.8 Å². The number of rotatable bonds is 3. The first-order valence-electron chi connectivity index (χ1n) is 9.04. The quantitative estimate of drug-likeness (QED) is 0.529. The van der Waals surface area contributed by atoms with E-state index in [0.717, 1.165) is 10.5 Å². The largest absolute Gasteiger partial charge is 0.329 e. The molecule has 1 saturated heterocycles. The molecular formula is C20H15ClFN5O2. The van der Waals surface area contributed by atoms with Crippen molar-refractivity contribution in [1.82, 2.24) is 19.9 Å². The van der Waals surface area contributed by atoms with Crippen molar-refractivity contribution in [1.29, 1.82) is 0 Å². The van der Waals surface area contributed by atoms with Gasteiger partial charge in [0.25, 0.3) is 5.91 Å². The fourth-order valence-electron chi connectivity index (χ4n) is 4.14. The third-order valence-electron chi connectivity index (χ3n) is 5.56. The molecule has 1 N–H and O–H groups in total. The zero-order chi connectivity index (χ0) is 20.2. The Morgan fingerprint density at radius 2 is 1.97 bits per heavy atom. The van der Waals surface area contributed by atoms with Crippen molar-refractivity contribution < 1.29 is 14.0 Å². The van der Waals surface area contributed by atoms with Gasteiger partial charge in [-0.05, 0) is 36.5 Å². The Labute approximate surface area is 170 Å². The SMILES string of the molecule is O=C1NC2(CC(c3ccccc3Cl)C2)C(=O)N1c1c(-n2ccnc2)ccnc1F. The van der Waals surface area contributed by atoms with E-state index >= 15 is 0 Å². The van der Waals surface area contributed by atoms with Crippen molar-refractivity contribution in [3.63, 3.8) is 0 Å². The van der Waals surface area contributed by atoms with Gasteiger partial charge in [-0.2, -0.15) is 4.39 Å². The number of nitrogens with zero attached hydrogens (tertiary/aromatic N) is 4. The number of imide groups is 1. The maximum atomic E-state index is 14.7. The molecular weight excluding hydrogens is 397 g/mol. The predicted molar refractivity (Wildman–Crippen MR) is 103 cm³/mol. The lowest BCUT2D eigenvalue weighted by atomic mass is 9.65. The number of urea groups is 1. The number of hydrogen-bond donors (Lipinski definition) is 1. The van der Waals surface area contributed by atoms with Gasteiger partial charge < -0.3 is 9.88 Å². The van der Waals surface area contributed by atoms with Crippen LogP contribution in [0.25, 0.3) is 5.69 Å². The normalized spacial score (nSPS) is 23.4. The minimum absolute atomic E-state index is 0.0414. The van der Waals surface area contributed by atoms with Gasteiger partial charge in [-0.25, -0.2) is 19.7 Å². The molecule has 2 aromatic heterocycles. The molecule has 146 valence electrons. The fraction of sp³-hybridized carbons (Fsp3) is 0.200. The second kappa shape index (κ2) is 6.38. The summed E-state index contributed by atoms with van der Waals surface area (Å²) < 4.78 is 16.2. The van der Waals surface area contributed by atoms with Gasteiger partial charge in [0.2, 0.25) is 5.95 Å². The Bertz CT molecular complexity index is 1130. The molecule has 0 bridgehead atoms. The minimum atomic E-state index is -1.06. The van der Waals surface area contributed by atoms with Crippen LogP contribution in [0, 0.1) is 5.95 Å². The van der Waals surface area contributed by atoms with Gasteiger partial charge in [0.05, 0.1) is 12.0 Å². The lowest BCUT2D eigenvalue weighted by Gasteiger charge is -2.43. The van der Waals surface area contributed by atoms with Crippen LogP contribution < -0.4 is 10.2 Å². The average molecular weight is 412 g/mol. The summed E-state index contributed by atoms with van der Waals surface area (Å²) in [5.41, 5.74) is -0.00867. The van der Waals surface area contributed by atoms with Crippen LogP contribution in [-0.4, -0.2) is 32.0 Å². The highest BCUT2D eigenvalue weighted by atomic mass is 35.5. The minimum Gasteiger partial charge on any atom is -0.323 e. The molecule has 2 fully saturated rings. The first kappa shape index (κ1) is 17.8. The van der Waals surface area contributed by atoms with E-state index in [1.807, 2.05) is 18.2 Å². The summed E-state index contributed by atoms with van der Waals surface area (Å²) in [6, 6.07) is 8.30. The molecule has 1 saturated carbocycles. The van der Waals surface area contributed by atoms with Crippen LogP contribution >= 0.6 is 11.6 Å². The smallest absolute Gasteiger partial charge is 0.323 e. The molecule has 29 heavy (non-hydrogen) atoms. The number of pyridine rings is 1. The lowest BCUT2D eigenvalue weighted by Crippen LogP contribution is -2.56. The third-order valence-corrected chi connectivity index (χ3v) is 5.91.